The summed E-state index contributed by atoms with van der Waals surface area (Å²) >= 11 is -0.681. The van der Waals surface area contributed by atoms with Crippen LogP contribution in [0.4, 0.5) is 13.2 Å². The normalized spacial score (nSPS) is 10.2. The zero-order valence-electron chi connectivity index (χ0n) is 9.97. The molecule has 8 heteroatoms. The molecule has 0 spiro atoms. The van der Waals surface area contributed by atoms with Crippen molar-refractivity contribution in [1.29, 1.82) is 0 Å². The molecule has 0 fully saturated rings. The van der Waals surface area contributed by atoms with Gasteiger partial charge in [0.2, 0.25) is 0 Å². The minimum Gasteiger partial charge on any atom is -0.166 e. The number of carbonyl (C=O) groups is 2. The Balaban J connectivity index is 0.000000344. The van der Waals surface area contributed by atoms with E-state index in [1.807, 2.05) is 0 Å². The zero-order chi connectivity index (χ0) is 14.9. The maximum absolute atomic E-state index is 11.8. The van der Waals surface area contributed by atoms with Crippen molar-refractivity contribution in [3.05, 3.63) is 35.9 Å². The molecule has 0 heterocycles. The van der Waals surface area contributed by atoms with Gasteiger partial charge >= 0.3 is 67.2 Å². The van der Waals surface area contributed by atoms with E-state index in [0.717, 1.165) is 12.1 Å². The molecule has 0 aliphatic carbocycles. The first-order chi connectivity index (χ1) is 8.73. The topological polar surface area (TPSA) is 52.6 Å². The van der Waals surface area contributed by atoms with E-state index < -0.39 is 42.4 Å². The first-order valence-electron chi connectivity index (χ1n) is 4.80. The smallest absolute Gasteiger partial charge is 0.166 e. The summed E-state index contributed by atoms with van der Waals surface area (Å²) < 4.78 is 44.0. The first kappa shape index (κ1) is 17.6. The zero-order valence-corrected chi connectivity index (χ0v) is 11.5. The van der Waals surface area contributed by atoms with Crippen molar-refractivity contribution >= 4 is 11.9 Å². The summed E-state index contributed by atoms with van der Waals surface area (Å²) in [5.41, 5.74) is -0.602. The molecule has 1 aromatic rings. The van der Waals surface area contributed by atoms with Crippen molar-refractivity contribution in [3.63, 3.8) is 0 Å². The van der Waals surface area contributed by atoms with Crippen molar-refractivity contribution in [1.82, 2.24) is 0 Å². The number of benzene rings is 1. The molecule has 0 aromatic heterocycles. The van der Waals surface area contributed by atoms with E-state index in [0.29, 0.717) is 0 Å². The molecule has 110 valence electrons. The van der Waals surface area contributed by atoms with Crippen LogP contribution >= 0.6 is 0 Å². The second-order valence-electron chi connectivity index (χ2n) is 3.03. The van der Waals surface area contributed by atoms with Gasteiger partial charge in [0.25, 0.3) is 0 Å². The molecule has 19 heavy (non-hydrogen) atoms. The Hall–Kier alpha value is -1.39. The van der Waals surface area contributed by atoms with E-state index in [4.69, 9.17) is 0 Å². The van der Waals surface area contributed by atoms with Crippen LogP contribution in [0.3, 0.4) is 0 Å². The Morgan fingerprint density at radius 2 is 1.42 bits per heavy atom. The molecule has 0 amide bonds. The second kappa shape index (κ2) is 8.67. The van der Waals surface area contributed by atoms with E-state index in [9.17, 15) is 22.8 Å². The van der Waals surface area contributed by atoms with Crippen LogP contribution in [0.5, 0.6) is 0 Å². The standard InChI is InChI=1S/C7H5F3.2C2H4O2.Pd/c8-7(9,10)6-4-2-1-3-5-6;2*1-2(3)4;/h1-5H;2*1H3,(H,3,4);/q;;;+2/p-2. The average Bonchev–Trinajstić information content (AvgIpc) is 2.29. The van der Waals surface area contributed by atoms with Gasteiger partial charge in [0.1, 0.15) is 0 Å². The molecule has 0 atom stereocenters. The Labute approximate surface area is 116 Å². The summed E-state index contributed by atoms with van der Waals surface area (Å²) in [5.74, 6) is -0.879. The molecule has 1 rings (SSSR count). The van der Waals surface area contributed by atoms with Crippen LogP contribution in [-0.2, 0) is 41.4 Å². The van der Waals surface area contributed by atoms with Gasteiger partial charge < -0.3 is 0 Å². The third-order valence-electron chi connectivity index (χ3n) is 1.34. The molecular formula is C11H11F3O4Pd. The number of hydrogen-bond acceptors (Lipinski definition) is 4. The van der Waals surface area contributed by atoms with Crippen LogP contribution in [0.2, 0.25) is 0 Å². The molecule has 0 aliphatic rings. The monoisotopic (exact) mass is 370 g/mol. The van der Waals surface area contributed by atoms with E-state index >= 15 is 0 Å². The van der Waals surface area contributed by atoms with Crippen LogP contribution in [-0.4, -0.2) is 11.9 Å². The fourth-order valence-corrected chi connectivity index (χ4v) is 1.14. The van der Waals surface area contributed by atoms with Gasteiger partial charge in [-0.2, -0.15) is 13.2 Å². The SMILES string of the molecule is CC(=O)[O][Pd][O]C(C)=O.FC(F)(F)c1ccccc1. The van der Waals surface area contributed by atoms with E-state index in [-0.39, 0.29) is 0 Å². The summed E-state index contributed by atoms with van der Waals surface area (Å²) in [4.78, 5) is 20.0. The van der Waals surface area contributed by atoms with Crippen molar-refractivity contribution in [2.75, 3.05) is 0 Å². The molecule has 0 N–H and O–H groups in total. The molecule has 0 aliphatic heterocycles. The third-order valence-corrected chi connectivity index (χ3v) is 2.49. The van der Waals surface area contributed by atoms with Crippen LogP contribution in [0.1, 0.15) is 19.4 Å². The van der Waals surface area contributed by atoms with Crippen LogP contribution in [0.15, 0.2) is 30.3 Å². The molecule has 0 unspecified atom stereocenters. The van der Waals surface area contributed by atoms with E-state index in [1.165, 1.54) is 26.0 Å². The Bertz CT molecular complexity index is 392. The van der Waals surface area contributed by atoms with E-state index in [1.54, 1.807) is 6.07 Å². The van der Waals surface area contributed by atoms with Crippen LogP contribution in [0.25, 0.3) is 0 Å². The fraction of sp³-hybridized carbons (Fsp3) is 0.273. The van der Waals surface area contributed by atoms with Gasteiger partial charge in [-0.25, -0.2) is 0 Å². The van der Waals surface area contributed by atoms with Gasteiger partial charge in [-0.05, 0) is 0 Å². The molecule has 0 saturated heterocycles. The molecule has 0 bridgehead atoms. The summed E-state index contributed by atoms with van der Waals surface area (Å²) in [7, 11) is 0. The van der Waals surface area contributed by atoms with Crippen molar-refractivity contribution in [3.8, 4) is 0 Å². The quantitative estimate of drug-likeness (QED) is 0.751. The number of alkyl halides is 3. The van der Waals surface area contributed by atoms with Gasteiger partial charge in [-0.15, -0.1) is 0 Å². The number of carbonyl (C=O) groups excluding carboxylic acids is 2. The summed E-state index contributed by atoms with van der Waals surface area (Å²) in [6.45, 7) is 2.50. The number of halogens is 3. The van der Waals surface area contributed by atoms with Crippen molar-refractivity contribution in [2.24, 2.45) is 0 Å². The molecular weight excluding hydrogens is 360 g/mol. The molecule has 0 radical (unpaired) electrons. The summed E-state index contributed by atoms with van der Waals surface area (Å²) in [5, 5.41) is 0. The van der Waals surface area contributed by atoms with Crippen molar-refractivity contribution < 1.29 is 48.4 Å². The Kier molecular flexibility index (Phi) is 8.04. The number of rotatable bonds is 2. The third kappa shape index (κ3) is 10.2. The molecule has 0 saturated carbocycles. The average molecular weight is 371 g/mol. The van der Waals surface area contributed by atoms with Gasteiger partial charge in [0.15, 0.2) is 0 Å². The Morgan fingerprint density at radius 3 is 1.68 bits per heavy atom. The largest absolute Gasteiger partial charge is 0.416 e. The maximum Gasteiger partial charge on any atom is 0.416 e. The Morgan fingerprint density at radius 1 is 1.00 bits per heavy atom. The minimum atomic E-state index is -4.21. The van der Waals surface area contributed by atoms with Gasteiger partial charge in [0.05, 0.1) is 5.56 Å². The number of hydrogen-bond donors (Lipinski definition) is 0. The van der Waals surface area contributed by atoms with E-state index in [2.05, 4.69) is 6.92 Å². The summed E-state index contributed by atoms with van der Waals surface area (Å²) in [6.07, 6.45) is -4.21. The van der Waals surface area contributed by atoms with Crippen LogP contribution in [0, 0.1) is 0 Å². The maximum atomic E-state index is 11.8. The van der Waals surface area contributed by atoms with Crippen LogP contribution < -0.4 is 0 Å². The predicted octanol–water partition coefficient (Wildman–Crippen LogP) is 2.73. The predicted molar refractivity (Wildman–Crippen MR) is 55.0 cm³/mol. The summed E-state index contributed by atoms with van der Waals surface area (Å²) in [6, 6.07) is 6.36. The van der Waals surface area contributed by atoms with Gasteiger partial charge in [0, 0.05) is 0 Å². The first-order valence-corrected chi connectivity index (χ1v) is 6.07. The van der Waals surface area contributed by atoms with Crippen molar-refractivity contribution in [2.45, 2.75) is 20.0 Å². The van der Waals surface area contributed by atoms with Gasteiger partial charge in [-0.1, -0.05) is 30.3 Å². The molecule has 4 nitrogen and oxygen atoms in total. The molecule has 1 aromatic carbocycles. The second-order valence-corrected chi connectivity index (χ2v) is 3.92. The fourth-order valence-electron chi connectivity index (χ4n) is 0.715. The van der Waals surface area contributed by atoms with Gasteiger partial charge in [-0.3, -0.25) is 0 Å². The minimum absolute atomic E-state index is 0.440.